The summed E-state index contributed by atoms with van der Waals surface area (Å²) in [4.78, 5) is 2.07. The highest BCUT2D eigenvalue weighted by molar-refractivity contribution is 9.10. The molecule has 1 unspecified atom stereocenters. The lowest BCUT2D eigenvalue weighted by atomic mass is 10.1. The minimum absolute atomic E-state index is 0.146. The smallest absolute Gasteiger partial charge is 0.124 e. The average molecular weight is 337 g/mol. The van der Waals surface area contributed by atoms with Gasteiger partial charge in [0.25, 0.3) is 0 Å². The molecule has 0 saturated carbocycles. The monoisotopic (exact) mass is 336 g/mol. The maximum absolute atomic E-state index is 13.1. The fraction of sp³-hybridized carbons (Fsp3) is 0.250. The first-order valence-electron chi connectivity index (χ1n) is 6.46. The number of hydrogen-bond donors (Lipinski definition) is 1. The number of halogens is 2. The van der Waals surface area contributed by atoms with Crippen molar-refractivity contribution in [3.8, 4) is 0 Å². The first-order chi connectivity index (χ1) is 9.47. The van der Waals surface area contributed by atoms with Gasteiger partial charge in [-0.1, -0.05) is 12.1 Å². The molecule has 2 aromatic carbocycles. The third kappa shape index (κ3) is 3.51. The van der Waals surface area contributed by atoms with Crippen LogP contribution in [0.3, 0.4) is 0 Å². The van der Waals surface area contributed by atoms with E-state index in [1.807, 2.05) is 14.1 Å². The van der Waals surface area contributed by atoms with E-state index in [-0.39, 0.29) is 11.9 Å². The molecule has 0 fully saturated rings. The lowest BCUT2D eigenvalue weighted by molar-refractivity contribution is 0.627. The van der Waals surface area contributed by atoms with Gasteiger partial charge in [-0.2, -0.15) is 0 Å². The summed E-state index contributed by atoms with van der Waals surface area (Å²) in [5.41, 5.74) is 3.24. The van der Waals surface area contributed by atoms with Gasteiger partial charge in [0.15, 0.2) is 0 Å². The average Bonchev–Trinajstić information content (AvgIpc) is 2.42. The molecular weight excluding hydrogens is 319 g/mol. The van der Waals surface area contributed by atoms with E-state index in [9.17, 15) is 4.39 Å². The molecule has 2 nitrogen and oxygen atoms in total. The van der Waals surface area contributed by atoms with Crippen LogP contribution in [0, 0.1) is 5.82 Å². The molecule has 4 heteroatoms. The highest BCUT2D eigenvalue weighted by atomic mass is 79.9. The number of anilines is 2. The number of rotatable bonds is 4. The summed E-state index contributed by atoms with van der Waals surface area (Å²) in [6, 6.07) is 13.2. The van der Waals surface area contributed by atoms with Crippen LogP contribution < -0.4 is 10.2 Å². The van der Waals surface area contributed by atoms with Crippen molar-refractivity contribution in [1.82, 2.24) is 0 Å². The Morgan fingerprint density at radius 3 is 2.30 bits per heavy atom. The van der Waals surface area contributed by atoms with Gasteiger partial charge >= 0.3 is 0 Å². The van der Waals surface area contributed by atoms with Crippen molar-refractivity contribution in [1.29, 1.82) is 0 Å². The van der Waals surface area contributed by atoms with Crippen LogP contribution in [-0.4, -0.2) is 14.1 Å². The number of benzene rings is 2. The minimum Gasteiger partial charge on any atom is -0.378 e. The molecule has 0 aliphatic carbocycles. The molecule has 0 radical (unpaired) electrons. The Balaban J connectivity index is 2.13. The van der Waals surface area contributed by atoms with Crippen molar-refractivity contribution in [3.63, 3.8) is 0 Å². The summed E-state index contributed by atoms with van der Waals surface area (Å²) in [6.07, 6.45) is 0. The number of nitrogens with zero attached hydrogens (tertiary/aromatic N) is 1. The van der Waals surface area contributed by atoms with Gasteiger partial charge in [-0.25, -0.2) is 4.39 Å². The van der Waals surface area contributed by atoms with E-state index in [1.54, 1.807) is 6.07 Å². The van der Waals surface area contributed by atoms with Crippen molar-refractivity contribution in [3.05, 3.63) is 58.3 Å². The van der Waals surface area contributed by atoms with Gasteiger partial charge in [0.1, 0.15) is 5.82 Å². The zero-order valence-electron chi connectivity index (χ0n) is 11.8. The molecule has 0 saturated heterocycles. The SMILES string of the molecule is CC(Nc1ccc(F)cc1Br)c1ccc(N(C)C)cc1. The molecule has 0 spiro atoms. The first kappa shape index (κ1) is 14.9. The second-order valence-corrected chi connectivity index (χ2v) is 5.83. The Labute approximate surface area is 127 Å². The molecule has 0 heterocycles. The van der Waals surface area contributed by atoms with E-state index in [0.29, 0.717) is 0 Å². The first-order valence-corrected chi connectivity index (χ1v) is 7.25. The van der Waals surface area contributed by atoms with E-state index in [0.717, 1.165) is 10.2 Å². The Hall–Kier alpha value is -1.55. The van der Waals surface area contributed by atoms with Crippen LogP contribution in [0.1, 0.15) is 18.5 Å². The molecule has 0 aromatic heterocycles. The van der Waals surface area contributed by atoms with Crippen molar-refractivity contribution in [2.45, 2.75) is 13.0 Å². The van der Waals surface area contributed by atoms with Gasteiger partial charge in [-0.3, -0.25) is 0 Å². The van der Waals surface area contributed by atoms with Crippen LogP contribution in [0.15, 0.2) is 46.9 Å². The van der Waals surface area contributed by atoms with E-state index >= 15 is 0 Å². The van der Waals surface area contributed by atoms with Crippen molar-refractivity contribution in [2.75, 3.05) is 24.3 Å². The molecule has 0 amide bonds. The predicted octanol–water partition coefficient (Wildman–Crippen LogP) is 4.83. The van der Waals surface area contributed by atoms with Gasteiger partial charge in [0, 0.05) is 36.0 Å². The molecular formula is C16H18BrFN2. The van der Waals surface area contributed by atoms with Crippen LogP contribution in [0.25, 0.3) is 0 Å². The second kappa shape index (κ2) is 6.27. The van der Waals surface area contributed by atoms with Crippen LogP contribution in [0.5, 0.6) is 0 Å². The minimum atomic E-state index is -0.245. The third-order valence-corrected chi connectivity index (χ3v) is 3.87. The van der Waals surface area contributed by atoms with E-state index in [1.165, 1.54) is 23.4 Å². The summed E-state index contributed by atoms with van der Waals surface area (Å²) < 4.78 is 13.8. The predicted molar refractivity (Wildman–Crippen MR) is 86.9 cm³/mol. The maximum Gasteiger partial charge on any atom is 0.124 e. The maximum atomic E-state index is 13.1. The highest BCUT2D eigenvalue weighted by Crippen LogP contribution is 2.27. The summed E-state index contributed by atoms with van der Waals surface area (Å²) in [5, 5.41) is 3.38. The third-order valence-electron chi connectivity index (χ3n) is 3.21. The van der Waals surface area contributed by atoms with E-state index in [4.69, 9.17) is 0 Å². The largest absolute Gasteiger partial charge is 0.378 e. The molecule has 20 heavy (non-hydrogen) atoms. The van der Waals surface area contributed by atoms with Crippen molar-refractivity contribution in [2.24, 2.45) is 0 Å². The van der Waals surface area contributed by atoms with Gasteiger partial charge < -0.3 is 10.2 Å². The summed E-state index contributed by atoms with van der Waals surface area (Å²) in [7, 11) is 4.04. The summed E-state index contributed by atoms with van der Waals surface area (Å²) in [6.45, 7) is 2.08. The Bertz CT molecular complexity index is 582. The fourth-order valence-electron chi connectivity index (χ4n) is 1.98. The summed E-state index contributed by atoms with van der Waals surface area (Å²) >= 11 is 3.37. The molecule has 0 bridgehead atoms. The number of nitrogens with one attached hydrogen (secondary N) is 1. The van der Waals surface area contributed by atoms with Gasteiger partial charge in [-0.15, -0.1) is 0 Å². The quantitative estimate of drug-likeness (QED) is 0.860. The van der Waals surface area contributed by atoms with Crippen molar-refractivity contribution < 1.29 is 4.39 Å². The Morgan fingerprint density at radius 2 is 1.75 bits per heavy atom. The van der Waals surface area contributed by atoms with Crippen LogP contribution >= 0.6 is 15.9 Å². The molecule has 2 rings (SSSR count). The molecule has 106 valence electrons. The number of hydrogen-bond acceptors (Lipinski definition) is 2. The Kier molecular flexibility index (Phi) is 4.65. The fourth-order valence-corrected chi connectivity index (χ4v) is 2.45. The Morgan fingerprint density at radius 1 is 1.10 bits per heavy atom. The summed E-state index contributed by atoms with van der Waals surface area (Å²) in [5.74, 6) is -0.245. The normalized spacial score (nSPS) is 12.1. The zero-order valence-corrected chi connectivity index (χ0v) is 13.4. The van der Waals surface area contributed by atoms with E-state index in [2.05, 4.69) is 57.3 Å². The van der Waals surface area contributed by atoms with Crippen LogP contribution in [0.2, 0.25) is 0 Å². The molecule has 1 atom stereocenters. The van der Waals surface area contributed by atoms with Gasteiger partial charge in [0.2, 0.25) is 0 Å². The van der Waals surface area contributed by atoms with Crippen molar-refractivity contribution >= 4 is 27.3 Å². The highest BCUT2D eigenvalue weighted by Gasteiger charge is 2.08. The van der Waals surface area contributed by atoms with Crippen LogP contribution in [0.4, 0.5) is 15.8 Å². The molecule has 1 N–H and O–H groups in total. The molecule has 2 aromatic rings. The molecule has 0 aliphatic rings. The lowest BCUT2D eigenvalue weighted by Gasteiger charge is -2.18. The topological polar surface area (TPSA) is 15.3 Å². The standard InChI is InChI=1S/C16H18BrFN2/c1-11(12-4-7-14(8-5-12)20(2)3)19-16-9-6-13(18)10-15(16)17/h4-11,19H,1-3H3. The van der Waals surface area contributed by atoms with Gasteiger partial charge in [0.05, 0.1) is 0 Å². The molecule has 0 aliphatic heterocycles. The second-order valence-electron chi connectivity index (χ2n) is 4.98. The van der Waals surface area contributed by atoms with Crippen LogP contribution in [-0.2, 0) is 0 Å². The van der Waals surface area contributed by atoms with Gasteiger partial charge in [-0.05, 0) is 58.7 Å². The zero-order chi connectivity index (χ0) is 14.7. The van der Waals surface area contributed by atoms with E-state index < -0.39 is 0 Å². The lowest BCUT2D eigenvalue weighted by Crippen LogP contribution is -2.10.